The molecule has 3 aromatic rings. The van der Waals surface area contributed by atoms with Crippen LogP contribution in [0.15, 0.2) is 58.5 Å². The Morgan fingerprint density at radius 1 is 1.13 bits per heavy atom. The van der Waals surface area contributed by atoms with Crippen LogP contribution in [0.5, 0.6) is 0 Å². The number of halogens is 5. The smallest absolute Gasteiger partial charge is 0.237 e. The number of hydrogen-bond acceptors (Lipinski definition) is 4. The molecule has 1 aromatic heterocycles. The maximum atomic E-state index is 13.7. The highest BCUT2D eigenvalue weighted by molar-refractivity contribution is 8.00. The molecule has 3 rings (SSSR count). The first-order chi connectivity index (χ1) is 14.8. The number of amides is 1. The van der Waals surface area contributed by atoms with Crippen molar-refractivity contribution in [2.75, 3.05) is 5.32 Å². The van der Waals surface area contributed by atoms with Crippen LogP contribution in [0.2, 0.25) is 5.15 Å². The summed E-state index contributed by atoms with van der Waals surface area (Å²) in [5.74, 6) is -7.35. The fourth-order valence-corrected chi connectivity index (χ4v) is 3.45. The predicted molar refractivity (Wildman–Crippen MR) is 113 cm³/mol. The number of thioether (sulfide) groups is 1. The number of nitrogens with zero attached hydrogens (tertiary/aromatic N) is 2. The number of aliphatic imine (C=N–C) groups is 1. The highest BCUT2D eigenvalue weighted by Crippen LogP contribution is 2.28. The normalized spacial score (nSPS) is 12.2. The maximum Gasteiger partial charge on any atom is 0.237 e. The van der Waals surface area contributed by atoms with Crippen molar-refractivity contribution in [1.29, 1.82) is 0 Å². The highest BCUT2D eigenvalue weighted by Gasteiger charge is 2.23. The molecule has 0 saturated heterocycles. The number of aromatic nitrogens is 1. The summed E-state index contributed by atoms with van der Waals surface area (Å²) in [5, 5.41) is 1.42. The standard InChI is InChI=1S/C21H14ClF4N3OS/c1-11(21(30)29-19-17(25)15(23)9-16(24)18(19)26)31-14-6-4-13(5-7-14)28-10-12-3-2-8-27-20(12)22/h2-11H,1H3,(H,29,30)/t11-/m1/s1. The number of nitrogens with one attached hydrogen (secondary N) is 1. The Hall–Kier alpha value is -2.91. The van der Waals surface area contributed by atoms with Gasteiger partial charge in [0.05, 0.1) is 10.9 Å². The van der Waals surface area contributed by atoms with E-state index in [0.29, 0.717) is 21.3 Å². The summed E-state index contributed by atoms with van der Waals surface area (Å²) < 4.78 is 54.0. The fourth-order valence-electron chi connectivity index (χ4n) is 2.42. The molecule has 0 radical (unpaired) electrons. The van der Waals surface area contributed by atoms with Crippen LogP contribution in [0.25, 0.3) is 0 Å². The fraction of sp³-hybridized carbons (Fsp3) is 0.0952. The predicted octanol–water partition coefficient (Wildman–Crippen LogP) is 6.16. The summed E-state index contributed by atoms with van der Waals surface area (Å²) in [6, 6.07) is 10.4. The van der Waals surface area contributed by atoms with Crippen LogP contribution in [0, 0.1) is 23.3 Å². The van der Waals surface area contributed by atoms with Crippen molar-refractivity contribution < 1.29 is 22.4 Å². The number of benzene rings is 2. The zero-order valence-corrected chi connectivity index (χ0v) is 17.4. The van der Waals surface area contributed by atoms with E-state index in [-0.39, 0.29) is 6.07 Å². The zero-order valence-electron chi connectivity index (χ0n) is 15.9. The molecule has 0 unspecified atom stereocenters. The van der Waals surface area contributed by atoms with E-state index in [0.717, 1.165) is 11.8 Å². The summed E-state index contributed by atoms with van der Waals surface area (Å²) in [6.07, 6.45) is 3.13. The summed E-state index contributed by atoms with van der Waals surface area (Å²) in [7, 11) is 0. The SMILES string of the molecule is C[C@@H](Sc1ccc(N=Cc2cccnc2Cl)cc1)C(=O)Nc1c(F)c(F)cc(F)c1F. The molecule has 0 bridgehead atoms. The molecule has 0 fully saturated rings. The molecule has 160 valence electrons. The van der Waals surface area contributed by atoms with E-state index in [1.807, 2.05) is 5.32 Å². The second kappa shape index (κ2) is 9.93. The van der Waals surface area contributed by atoms with Gasteiger partial charge in [0.2, 0.25) is 5.91 Å². The van der Waals surface area contributed by atoms with Crippen molar-refractivity contribution in [3.63, 3.8) is 0 Å². The Kier molecular flexibility index (Phi) is 7.29. The van der Waals surface area contributed by atoms with Gasteiger partial charge in [0.25, 0.3) is 0 Å². The molecule has 2 aromatic carbocycles. The topological polar surface area (TPSA) is 54.4 Å². The van der Waals surface area contributed by atoms with Gasteiger partial charge in [-0.1, -0.05) is 11.6 Å². The lowest BCUT2D eigenvalue weighted by atomic mass is 10.2. The van der Waals surface area contributed by atoms with Crippen LogP contribution in [0.3, 0.4) is 0 Å². The van der Waals surface area contributed by atoms with E-state index in [9.17, 15) is 22.4 Å². The van der Waals surface area contributed by atoms with Crippen LogP contribution in [0.1, 0.15) is 12.5 Å². The molecule has 10 heteroatoms. The number of rotatable bonds is 6. The lowest BCUT2D eigenvalue weighted by Gasteiger charge is -2.13. The molecule has 0 saturated carbocycles. The molecular formula is C21H14ClF4N3OS. The van der Waals surface area contributed by atoms with Crippen molar-refractivity contribution in [1.82, 2.24) is 4.98 Å². The number of pyridine rings is 1. The average Bonchev–Trinajstić information content (AvgIpc) is 2.75. The molecule has 1 atom stereocenters. The largest absolute Gasteiger partial charge is 0.320 e. The average molecular weight is 468 g/mol. The second-order valence-corrected chi connectivity index (χ2v) is 8.00. The molecule has 0 aliphatic rings. The van der Waals surface area contributed by atoms with E-state index in [1.165, 1.54) is 6.92 Å². The lowest BCUT2D eigenvalue weighted by Crippen LogP contribution is -2.24. The van der Waals surface area contributed by atoms with E-state index in [4.69, 9.17) is 11.6 Å². The van der Waals surface area contributed by atoms with Crippen LogP contribution < -0.4 is 5.32 Å². The highest BCUT2D eigenvalue weighted by atomic mass is 35.5. The van der Waals surface area contributed by atoms with Crippen molar-refractivity contribution in [2.45, 2.75) is 17.1 Å². The second-order valence-electron chi connectivity index (χ2n) is 6.23. The molecule has 1 heterocycles. The van der Waals surface area contributed by atoms with Crippen LogP contribution in [-0.2, 0) is 4.79 Å². The van der Waals surface area contributed by atoms with Crippen LogP contribution >= 0.6 is 23.4 Å². The minimum Gasteiger partial charge on any atom is -0.320 e. The Labute approximate surface area is 184 Å². The third-order valence-electron chi connectivity index (χ3n) is 4.02. The first-order valence-corrected chi connectivity index (χ1v) is 10.1. The number of hydrogen-bond donors (Lipinski definition) is 1. The molecular weight excluding hydrogens is 454 g/mol. The van der Waals surface area contributed by atoms with E-state index in [1.54, 1.807) is 48.8 Å². The van der Waals surface area contributed by atoms with Gasteiger partial charge in [-0.2, -0.15) is 0 Å². The van der Waals surface area contributed by atoms with Gasteiger partial charge in [0.1, 0.15) is 10.8 Å². The first kappa shape index (κ1) is 22.8. The minimum absolute atomic E-state index is 0.0742. The molecule has 0 aliphatic carbocycles. The third kappa shape index (κ3) is 5.62. The van der Waals surface area contributed by atoms with Crippen molar-refractivity contribution in [3.05, 3.63) is 82.6 Å². The van der Waals surface area contributed by atoms with Gasteiger partial charge in [-0.3, -0.25) is 9.79 Å². The monoisotopic (exact) mass is 467 g/mol. The third-order valence-corrected chi connectivity index (χ3v) is 5.45. The Morgan fingerprint density at radius 3 is 2.39 bits per heavy atom. The van der Waals surface area contributed by atoms with Crippen molar-refractivity contribution in [3.8, 4) is 0 Å². The minimum atomic E-state index is -1.67. The van der Waals surface area contributed by atoms with Crippen LogP contribution in [0.4, 0.5) is 28.9 Å². The van der Waals surface area contributed by atoms with E-state index < -0.39 is 40.1 Å². The van der Waals surface area contributed by atoms with Gasteiger partial charge in [-0.25, -0.2) is 22.5 Å². The zero-order chi connectivity index (χ0) is 22.5. The molecule has 4 nitrogen and oxygen atoms in total. The number of carbonyl (C=O) groups excluding carboxylic acids is 1. The summed E-state index contributed by atoms with van der Waals surface area (Å²) >= 11 is 7.05. The van der Waals surface area contributed by atoms with Crippen molar-refractivity contribution in [2.24, 2.45) is 4.99 Å². The van der Waals surface area contributed by atoms with Gasteiger partial charge >= 0.3 is 0 Å². The lowest BCUT2D eigenvalue weighted by molar-refractivity contribution is -0.115. The quantitative estimate of drug-likeness (QED) is 0.155. The van der Waals surface area contributed by atoms with Gasteiger partial charge in [-0.15, -0.1) is 11.8 Å². The number of carbonyl (C=O) groups is 1. The summed E-state index contributed by atoms with van der Waals surface area (Å²) in [5.41, 5.74) is 0.121. The number of anilines is 1. The summed E-state index contributed by atoms with van der Waals surface area (Å²) in [4.78, 5) is 21.2. The van der Waals surface area contributed by atoms with Gasteiger partial charge in [-0.05, 0) is 43.3 Å². The molecule has 0 aliphatic heterocycles. The maximum absolute atomic E-state index is 13.7. The van der Waals surface area contributed by atoms with E-state index in [2.05, 4.69) is 9.98 Å². The molecule has 1 amide bonds. The van der Waals surface area contributed by atoms with Gasteiger partial charge in [0, 0.05) is 28.9 Å². The van der Waals surface area contributed by atoms with Gasteiger partial charge in [0.15, 0.2) is 23.3 Å². The molecule has 1 N–H and O–H groups in total. The Morgan fingerprint density at radius 2 is 1.77 bits per heavy atom. The van der Waals surface area contributed by atoms with Crippen LogP contribution in [-0.4, -0.2) is 22.4 Å². The Balaban J connectivity index is 1.65. The van der Waals surface area contributed by atoms with Crippen molar-refractivity contribution >= 4 is 46.9 Å². The summed E-state index contributed by atoms with van der Waals surface area (Å²) in [6.45, 7) is 1.49. The molecule has 31 heavy (non-hydrogen) atoms. The first-order valence-electron chi connectivity index (χ1n) is 8.81. The Bertz CT molecular complexity index is 1120. The molecule has 0 spiro atoms. The van der Waals surface area contributed by atoms with E-state index >= 15 is 0 Å². The van der Waals surface area contributed by atoms with Gasteiger partial charge < -0.3 is 5.32 Å².